The van der Waals surface area contributed by atoms with E-state index in [9.17, 15) is 4.79 Å². The summed E-state index contributed by atoms with van der Waals surface area (Å²) in [5.41, 5.74) is 2.49. The summed E-state index contributed by atoms with van der Waals surface area (Å²) in [6, 6.07) is 24.1. The molecule has 1 aromatic heterocycles. The number of carbonyl (C=O) groups excluding carboxylic acids is 1. The minimum Gasteiger partial charge on any atom is -0.373 e. The quantitative estimate of drug-likeness (QED) is 0.544. The van der Waals surface area contributed by atoms with Gasteiger partial charge < -0.3 is 10.2 Å². The number of amides is 1. The van der Waals surface area contributed by atoms with Gasteiger partial charge in [-0.2, -0.15) is 0 Å². The fourth-order valence-electron chi connectivity index (χ4n) is 3.35. The van der Waals surface area contributed by atoms with Gasteiger partial charge >= 0.3 is 0 Å². The van der Waals surface area contributed by atoms with Gasteiger partial charge in [-0.1, -0.05) is 48.5 Å². The molecule has 0 bridgehead atoms. The number of hydrogen-bond donors (Lipinski definition) is 1. The highest BCUT2D eigenvalue weighted by molar-refractivity contribution is 6.15. The van der Waals surface area contributed by atoms with Crippen molar-refractivity contribution in [1.29, 1.82) is 0 Å². The molecule has 0 radical (unpaired) electrons. The van der Waals surface area contributed by atoms with Crippen LogP contribution in [0.25, 0.3) is 21.7 Å². The van der Waals surface area contributed by atoms with Crippen LogP contribution in [0.15, 0.2) is 79.0 Å². The Morgan fingerprint density at radius 3 is 2.56 bits per heavy atom. The van der Waals surface area contributed by atoms with E-state index in [1.54, 1.807) is 6.20 Å². The summed E-state index contributed by atoms with van der Waals surface area (Å²) in [5.74, 6) is -0.0917. The Hall–Kier alpha value is -3.40. The fourth-order valence-corrected chi connectivity index (χ4v) is 3.35. The molecule has 3 aromatic carbocycles. The highest BCUT2D eigenvalue weighted by Gasteiger charge is 2.14. The number of pyridine rings is 1. The second-order valence-corrected chi connectivity index (χ2v) is 6.56. The monoisotopic (exact) mass is 355 g/mol. The number of likely N-dealkylation sites (N-methyl/N-ethyl adjacent to an activating group) is 1. The number of aromatic nitrogens is 1. The lowest BCUT2D eigenvalue weighted by Crippen LogP contribution is -2.33. The maximum absolute atomic E-state index is 12.9. The lowest BCUT2D eigenvalue weighted by Gasteiger charge is -2.19. The maximum Gasteiger partial charge on any atom is 0.253 e. The van der Waals surface area contributed by atoms with Crippen LogP contribution in [-0.4, -0.2) is 31.0 Å². The number of fused-ring (bicyclic) bond motifs is 3. The Labute approximate surface area is 158 Å². The molecule has 0 atom stereocenters. The summed E-state index contributed by atoms with van der Waals surface area (Å²) < 4.78 is 0. The van der Waals surface area contributed by atoms with Crippen LogP contribution >= 0.6 is 0 Å². The third kappa shape index (κ3) is 3.47. The molecule has 4 rings (SSSR count). The highest BCUT2D eigenvalue weighted by Crippen LogP contribution is 2.27. The summed E-state index contributed by atoms with van der Waals surface area (Å²) in [4.78, 5) is 19.4. The number of carbonyl (C=O) groups is 1. The highest BCUT2D eigenvalue weighted by atomic mass is 16.1. The van der Waals surface area contributed by atoms with E-state index in [2.05, 4.69) is 33.4 Å². The van der Waals surface area contributed by atoms with Crippen LogP contribution in [0.2, 0.25) is 0 Å². The molecule has 0 aliphatic rings. The first-order valence-corrected chi connectivity index (χ1v) is 9.05. The summed E-state index contributed by atoms with van der Waals surface area (Å²) in [6.45, 7) is 1.29. The molecule has 1 heterocycles. The summed E-state index contributed by atoms with van der Waals surface area (Å²) >= 11 is 0. The predicted molar refractivity (Wildman–Crippen MR) is 111 cm³/mol. The predicted octanol–water partition coefficient (Wildman–Crippen LogP) is 4.25. The Kier molecular flexibility index (Phi) is 4.71. The molecule has 0 saturated carbocycles. The summed E-state index contributed by atoms with van der Waals surface area (Å²) in [6.07, 6.45) is 1.73. The number of benzene rings is 3. The molecule has 0 aliphatic heterocycles. The Bertz CT molecular complexity index is 1090. The summed E-state index contributed by atoms with van der Waals surface area (Å²) in [7, 11) is 2.02. The summed E-state index contributed by atoms with van der Waals surface area (Å²) in [5, 5.41) is 6.20. The molecule has 1 amide bonds. The molecule has 27 heavy (non-hydrogen) atoms. The van der Waals surface area contributed by atoms with Crippen molar-refractivity contribution in [2.75, 3.05) is 25.0 Å². The minimum absolute atomic E-state index is 0.0917. The van der Waals surface area contributed by atoms with Gasteiger partial charge in [-0.25, -0.2) is 0 Å². The first-order valence-electron chi connectivity index (χ1n) is 9.05. The maximum atomic E-state index is 12.9. The lowest BCUT2D eigenvalue weighted by molar-refractivity contribution is 0.0956. The number of hydrogen-bond acceptors (Lipinski definition) is 3. The van der Waals surface area contributed by atoms with Crippen LogP contribution in [0, 0.1) is 0 Å². The SMILES string of the molecule is CN(CCNC(=O)c1cc2ccccc2c2cccnc12)c1ccccc1. The van der Waals surface area contributed by atoms with Crippen molar-refractivity contribution in [3.05, 3.63) is 84.6 Å². The van der Waals surface area contributed by atoms with E-state index >= 15 is 0 Å². The zero-order valence-electron chi connectivity index (χ0n) is 15.2. The largest absolute Gasteiger partial charge is 0.373 e. The van der Waals surface area contributed by atoms with Crippen molar-refractivity contribution < 1.29 is 4.79 Å². The first-order chi connectivity index (χ1) is 13.2. The number of nitrogens with one attached hydrogen (secondary N) is 1. The second kappa shape index (κ2) is 7.46. The third-order valence-corrected chi connectivity index (χ3v) is 4.79. The van der Waals surface area contributed by atoms with Gasteiger partial charge in [-0.05, 0) is 35.0 Å². The minimum atomic E-state index is -0.0917. The van der Waals surface area contributed by atoms with Crippen molar-refractivity contribution >= 4 is 33.3 Å². The molecule has 134 valence electrons. The molecule has 0 unspecified atom stereocenters. The molecule has 0 aliphatic carbocycles. The molecular formula is C23H21N3O. The number of para-hydroxylation sites is 1. The van der Waals surface area contributed by atoms with Crippen LogP contribution in [-0.2, 0) is 0 Å². The van der Waals surface area contributed by atoms with Gasteiger partial charge in [0, 0.05) is 37.4 Å². The molecule has 4 nitrogen and oxygen atoms in total. The molecule has 0 spiro atoms. The van der Waals surface area contributed by atoms with E-state index in [4.69, 9.17) is 0 Å². The van der Waals surface area contributed by atoms with Gasteiger partial charge in [0.2, 0.25) is 0 Å². The molecule has 4 aromatic rings. The van der Waals surface area contributed by atoms with E-state index in [1.165, 1.54) is 0 Å². The zero-order valence-corrected chi connectivity index (χ0v) is 15.2. The zero-order chi connectivity index (χ0) is 18.6. The van der Waals surface area contributed by atoms with E-state index in [0.29, 0.717) is 12.1 Å². The van der Waals surface area contributed by atoms with Crippen molar-refractivity contribution in [2.45, 2.75) is 0 Å². The number of anilines is 1. The number of nitrogens with zero attached hydrogens (tertiary/aromatic N) is 2. The van der Waals surface area contributed by atoms with Crippen LogP contribution < -0.4 is 10.2 Å². The normalized spacial score (nSPS) is 10.9. The van der Waals surface area contributed by atoms with Crippen molar-refractivity contribution in [2.24, 2.45) is 0 Å². The molecule has 4 heteroatoms. The molecule has 1 N–H and O–H groups in total. The van der Waals surface area contributed by atoms with Crippen LogP contribution in [0.1, 0.15) is 10.4 Å². The molecule has 0 saturated heterocycles. The Morgan fingerprint density at radius 1 is 0.963 bits per heavy atom. The van der Waals surface area contributed by atoms with Crippen LogP contribution in [0.4, 0.5) is 5.69 Å². The average molecular weight is 355 g/mol. The van der Waals surface area contributed by atoms with Crippen molar-refractivity contribution in [3.8, 4) is 0 Å². The van der Waals surface area contributed by atoms with Gasteiger partial charge in [0.05, 0.1) is 11.1 Å². The van der Waals surface area contributed by atoms with E-state index in [1.807, 2.05) is 61.6 Å². The van der Waals surface area contributed by atoms with Gasteiger partial charge in [-0.3, -0.25) is 9.78 Å². The van der Waals surface area contributed by atoms with Crippen molar-refractivity contribution in [3.63, 3.8) is 0 Å². The molecule has 0 fully saturated rings. The standard InChI is InChI=1S/C23H21N3O/c1-26(18-9-3-2-4-10-18)15-14-25-23(27)21-16-17-8-5-6-11-19(17)20-12-7-13-24-22(20)21/h2-13,16H,14-15H2,1H3,(H,25,27). The smallest absolute Gasteiger partial charge is 0.253 e. The van der Waals surface area contributed by atoms with Gasteiger partial charge in [0.15, 0.2) is 0 Å². The first kappa shape index (κ1) is 17.0. The topological polar surface area (TPSA) is 45.2 Å². The van der Waals surface area contributed by atoms with Gasteiger partial charge in [0.1, 0.15) is 0 Å². The number of rotatable bonds is 5. The Balaban J connectivity index is 1.55. The van der Waals surface area contributed by atoms with Crippen molar-refractivity contribution in [1.82, 2.24) is 10.3 Å². The lowest BCUT2D eigenvalue weighted by atomic mass is 10.0. The molecular weight excluding hydrogens is 334 g/mol. The van der Waals surface area contributed by atoms with Crippen LogP contribution in [0.5, 0.6) is 0 Å². The Morgan fingerprint density at radius 2 is 1.70 bits per heavy atom. The van der Waals surface area contributed by atoms with E-state index in [0.717, 1.165) is 33.9 Å². The van der Waals surface area contributed by atoms with Gasteiger partial charge in [-0.15, -0.1) is 0 Å². The average Bonchev–Trinajstić information content (AvgIpc) is 2.73. The third-order valence-electron chi connectivity index (χ3n) is 4.79. The van der Waals surface area contributed by atoms with Crippen LogP contribution in [0.3, 0.4) is 0 Å². The second-order valence-electron chi connectivity index (χ2n) is 6.56. The van der Waals surface area contributed by atoms with Gasteiger partial charge in [0.25, 0.3) is 5.91 Å². The fraction of sp³-hybridized carbons (Fsp3) is 0.130. The van der Waals surface area contributed by atoms with E-state index in [-0.39, 0.29) is 5.91 Å². The van der Waals surface area contributed by atoms with E-state index < -0.39 is 0 Å².